The van der Waals surface area contributed by atoms with Gasteiger partial charge >= 0.3 is 12.0 Å². The van der Waals surface area contributed by atoms with E-state index in [2.05, 4.69) is 15.6 Å². The minimum Gasteiger partial charge on any atom is -0.480 e. The average molecular weight is 299 g/mol. The predicted octanol–water partition coefficient (Wildman–Crippen LogP) is 2.05. The maximum Gasteiger partial charge on any atom is 0.326 e. The maximum atomic E-state index is 11.7. The summed E-state index contributed by atoms with van der Waals surface area (Å²) in [5.74, 6) is -0.707. The van der Waals surface area contributed by atoms with Gasteiger partial charge < -0.3 is 15.7 Å². The van der Waals surface area contributed by atoms with E-state index in [1.165, 1.54) is 11.3 Å². The lowest BCUT2D eigenvalue weighted by Gasteiger charge is -2.17. The molecule has 6 nitrogen and oxygen atoms in total. The van der Waals surface area contributed by atoms with Crippen LogP contribution in [0.1, 0.15) is 38.1 Å². The summed E-state index contributed by atoms with van der Waals surface area (Å²) in [7, 11) is 0. The van der Waals surface area contributed by atoms with Crippen molar-refractivity contribution in [2.45, 2.75) is 39.2 Å². The molecule has 0 aliphatic carbocycles. The fraction of sp³-hybridized carbons (Fsp3) is 0.615. The molecule has 2 amide bonds. The maximum absolute atomic E-state index is 11.7. The standard InChI is InChI=1S/C13H21N3O3S/c1-8(2)6-10(12(17)18)16-13(19)15-7-9(3)11-14-4-5-20-11/h4-5,8-10H,6-7H2,1-3H3,(H,17,18)(H2,15,16,19)/t9?,10-/m0/s1. The van der Waals surface area contributed by atoms with Crippen LogP contribution in [0.3, 0.4) is 0 Å². The molecule has 0 spiro atoms. The summed E-state index contributed by atoms with van der Waals surface area (Å²) in [5.41, 5.74) is 0. The fourth-order valence-electron chi connectivity index (χ4n) is 1.71. The van der Waals surface area contributed by atoms with Gasteiger partial charge in [0.15, 0.2) is 0 Å². The van der Waals surface area contributed by atoms with Crippen LogP contribution in [0.4, 0.5) is 4.79 Å². The number of aliphatic carboxylic acids is 1. The Labute approximate surface area is 122 Å². The Morgan fingerprint density at radius 3 is 2.60 bits per heavy atom. The van der Waals surface area contributed by atoms with E-state index < -0.39 is 18.0 Å². The van der Waals surface area contributed by atoms with Crippen molar-refractivity contribution in [2.24, 2.45) is 5.92 Å². The number of nitrogens with one attached hydrogen (secondary N) is 2. The van der Waals surface area contributed by atoms with Crippen molar-refractivity contribution in [1.29, 1.82) is 0 Å². The number of carboxylic acids is 1. The number of aromatic nitrogens is 1. The van der Waals surface area contributed by atoms with Gasteiger partial charge in [-0.2, -0.15) is 0 Å². The molecule has 0 saturated heterocycles. The van der Waals surface area contributed by atoms with Crippen LogP contribution in [-0.4, -0.2) is 34.7 Å². The van der Waals surface area contributed by atoms with E-state index in [0.29, 0.717) is 13.0 Å². The summed E-state index contributed by atoms with van der Waals surface area (Å²) in [5, 5.41) is 17.0. The summed E-state index contributed by atoms with van der Waals surface area (Å²) in [6.45, 7) is 6.22. The molecular formula is C13H21N3O3S. The molecule has 1 aromatic rings. The number of hydrogen-bond donors (Lipinski definition) is 3. The minimum absolute atomic E-state index is 0.106. The van der Waals surface area contributed by atoms with Crippen molar-refractivity contribution in [3.8, 4) is 0 Å². The average Bonchev–Trinajstić information content (AvgIpc) is 2.88. The molecule has 1 heterocycles. The zero-order valence-electron chi connectivity index (χ0n) is 11.9. The van der Waals surface area contributed by atoms with E-state index in [0.717, 1.165) is 5.01 Å². The summed E-state index contributed by atoms with van der Waals surface area (Å²) in [6.07, 6.45) is 2.13. The van der Waals surface area contributed by atoms with E-state index in [1.807, 2.05) is 26.2 Å². The third-order valence-electron chi connectivity index (χ3n) is 2.75. The molecule has 112 valence electrons. The normalized spacial score (nSPS) is 13.8. The third-order valence-corrected chi connectivity index (χ3v) is 3.76. The Balaban J connectivity index is 2.40. The number of urea groups is 1. The van der Waals surface area contributed by atoms with Crippen LogP contribution in [-0.2, 0) is 4.79 Å². The molecule has 7 heteroatoms. The molecule has 0 bridgehead atoms. The molecule has 1 unspecified atom stereocenters. The van der Waals surface area contributed by atoms with Gasteiger partial charge in [0.05, 0.1) is 5.01 Å². The number of carboxylic acid groups (broad SMARTS) is 1. The van der Waals surface area contributed by atoms with Crippen LogP contribution in [0.5, 0.6) is 0 Å². The highest BCUT2D eigenvalue weighted by Crippen LogP contribution is 2.16. The van der Waals surface area contributed by atoms with Gasteiger partial charge in [0, 0.05) is 24.0 Å². The van der Waals surface area contributed by atoms with E-state index in [9.17, 15) is 9.59 Å². The second-order valence-corrected chi connectivity index (χ2v) is 6.07. The van der Waals surface area contributed by atoms with Crippen molar-refractivity contribution in [3.05, 3.63) is 16.6 Å². The van der Waals surface area contributed by atoms with E-state index in [-0.39, 0.29) is 11.8 Å². The van der Waals surface area contributed by atoms with Gasteiger partial charge in [-0.3, -0.25) is 0 Å². The molecular weight excluding hydrogens is 278 g/mol. The number of carbonyl (C=O) groups excluding carboxylic acids is 1. The van der Waals surface area contributed by atoms with Crippen LogP contribution in [0.2, 0.25) is 0 Å². The SMILES string of the molecule is CC(C)C[C@H](NC(=O)NCC(C)c1nccs1)C(=O)O. The molecule has 0 aliphatic heterocycles. The molecule has 0 radical (unpaired) electrons. The van der Waals surface area contributed by atoms with Crippen LogP contribution in [0.25, 0.3) is 0 Å². The monoisotopic (exact) mass is 299 g/mol. The van der Waals surface area contributed by atoms with E-state index >= 15 is 0 Å². The zero-order valence-corrected chi connectivity index (χ0v) is 12.7. The number of rotatable bonds is 7. The van der Waals surface area contributed by atoms with Gasteiger partial charge in [0.2, 0.25) is 0 Å². The van der Waals surface area contributed by atoms with E-state index in [4.69, 9.17) is 5.11 Å². The van der Waals surface area contributed by atoms with Crippen LogP contribution >= 0.6 is 11.3 Å². The topological polar surface area (TPSA) is 91.3 Å². The lowest BCUT2D eigenvalue weighted by molar-refractivity contribution is -0.139. The van der Waals surface area contributed by atoms with Gasteiger partial charge in [-0.1, -0.05) is 20.8 Å². The van der Waals surface area contributed by atoms with Gasteiger partial charge in [-0.05, 0) is 12.3 Å². The molecule has 20 heavy (non-hydrogen) atoms. The lowest BCUT2D eigenvalue weighted by atomic mass is 10.0. The second-order valence-electron chi connectivity index (χ2n) is 5.15. The molecule has 1 aromatic heterocycles. The summed E-state index contributed by atoms with van der Waals surface area (Å²) >= 11 is 1.53. The number of carbonyl (C=O) groups is 2. The Kier molecular flexibility index (Phi) is 6.44. The smallest absolute Gasteiger partial charge is 0.326 e. The minimum atomic E-state index is -1.01. The Hall–Kier alpha value is -1.63. The number of nitrogens with zero attached hydrogens (tertiary/aromatic N) is 1. The molecule has 0 fully saturated rings. The Morgan fingerprint density at radius 2 is 2.10 bits per heavy atom. The van der Waals surface area contributed by atoms with Crippen LogP contribution in [0, 0.1) is 5.92 Å². The molecule has 2 atom stereocenters. The first-order chi connectivity index (χ1) is 9.40. The van der Waals surface area contributed by atoms with Crippen molar-refractivity contribution < 1.29 is 14.7 Å². The van der Waals surface area contributed by atoms with Crippen molar-refractivity contribution in [1.82, 2.24) is 15.6 Å². The summed E-state index contributed by atoms with van der Waals surface area (Å²) in [4.78, 5) is 26.9. The van der Waals surface area contributed by atoms with Crippen molar-refractivity contribution in [2.75, 3.05) is 6.54 Å². The number of hydrogen-bond acceptors (Lipinski definition) is 4. The summed E-state index contributed by atoms with van der Waals surface area (Å²) in [6, 6.07) is -1.31. The highest BCUT2D eigenvalue weighted by molar-refractivity contribution is 7.09. The van der Waals surface area contributed by atoms with Crippen molar-refractivity contribution >= 4 is 23.3 Å². The van der Waals surface area contributed by atoms with Gasteiger partial charge in [0.1, 0.15) is 6.04 Å². The predicted molar refractivity (Wildman–Crippen MR) is 77.9 cm³/mol. The van der Waals surface area contributed by atoms with Gasteiger partial charge in [0.25, 0.3) is 0 Å². The third kappa shape index (κ3) is 5.56. The first-order valence-corrected chi connectivity index (χ1v) is 7.44. The lowest BCUT2D eigenvalue weighted by Crippen LogP contribution is -2.47. The molecule has 3 N–H and O–H groups in total. The quantitative estimate of drug-likeness (QED) is 0.718. The molecule has 0 aliphatic rings. The van der Waals surface area contributed by atoms with Gasteiger partial charge in [-0.25, -0.2) is 14.6 Å². The molecule has 1 rings (SSSR count). The molecule has 0 saturated carbocycles. The highest BCUT2D eigenvalue weighted by atomic mass is 32.1. The van der Waals surface area contributed by atoms with Crippen LogP contribution in [0.15, 0.2) is 11.6 Å². The number of thiazole rings is 1. The highest BCUT2D eigenvalue weighted by Gasteiger charge is 2.21. The molecule has 0 aromatic carbocycles. The first-order valence-electron chi connectivity index (χ1n) is 6.56. The fourth-order valence-corrected chi connectivity index (χ4v) is 2.41. The Morgan fingerprint density at radius 1 is 1.40 bits per heavy atom. The largest absolute Gasteiger partial charge is 0.480 e. The first kappa shape index (κ1) is 16.4. The Bertz CT molecular complexity index is 434. The number of amides is 2. The van der Waals surface area contributed by atoms with Crippen LogP contribution < -0.4 is 10.6 Å². The van der Waals surface area contributed by atoms with Crippen molar-refractivity contribution in [3.63, 3.8) is 0 Å². The zero-order chi connectivity index (χ0) is 15.1. The second kappa shape index (κ2) is 7.84. The van der Waals surface area contributed by atoms with E-state index in [1.54, 1.807) is 6.20 Å². The van der Waals surface area contributed by atoms with Gasteiger partial charge in [-0.15, -0.1) is 11.3 Å². The summed E-state index contributed by atoms with van der Waals surface area (Å²) < 4.78 is 0.